The number of rotatable bonds is 2. The summed E-state index contributed by atoms with van der Waals surface area (Å²) in [6.07, 6.45) is -4.41. The van der Waals surface area contributed by atoms with Gasteiger partial charge in [0.2, 0.25) is 0 Å². The number of hydrogen-bond acceptors (Lipinski definition) is 2. The van der Waals surface area contributed by atoms with Gasteiger partial charge in [0.15, 0.2) is 0 Å². The van der Waals surface area contributed by atoms with Crippen LogP contribution >= 0.6 is 27.3 Å². The van der Waals surface area contributed by atoms with Crippen molar-refractivity contribution in [3.05, 3.63) is 56.2 Å². The fraction of sp³-hybridized carbons (Fsp3) is 0.167. The molecule has 0 aliphatic carbocycles. The first-order chi connectivity index (χ1) is 8.39. The summed E-state index contributed by atoms with van der Waals surface area (Å²) in [5.41, 5.74) is 5.30. The summed E-state index contributed by atoms with van der Waals surface area (Å²) in [6, 6.07) is 6.79. The molecule has 2 N–H and O–H groups in total. The number of halogens is 4. The summed E-state index contributed by atoms with van der Waals surface area (Å²) in [6.45, 7) is 0. The Labute approximate surface area is 115 Å². The summed E-state index contributed by atoms with van der Waals surface area (Å²) in [5.74, 6) is 0. The van der Waals surface area contributed by atoms with Crippen molar-refractivity contribution in [2.75, 3.05) is 0 Å². The Balaban J connectivity index is 2.51. The van der Waals surface area contributed by atoms with Gasteiger partial charge in [-0.15, -0.1) is 11.3 Å². The Bertz CT molecular complexity index is 537. The van der Waals surface area contributed by atoms with E-state index in [0.717, 1.165) is 6.07 Å². The standard InChI is InChI=1S/C12H9BrF3NS/c13-7-3-4-8(9(6-7)12(14,15)16)11(17)10-2-1-5-18-10/h1-6,11H,17H2. The lowest BCUT2D eigenvalue weighted by Crippen LogP contribution is -2.17. The fourth-order valence-corrected chi connectivity index (χ4v) is 2.77. The highest BCUT2D eigenvalue weighted by Gasteiger charge is 2.35. The monoisotopic (exact) mass is 335 g/mol. The zero-order valence-corrected chi connectivity index (χ0v) is 11.4. The molecule has 0 amide bonds. The summed E-state index contributed by atoms with van der Waals surface area (Å²) in [7, 11) is 0. The molecular formula is C12H9BrF3NS. The van der Waals surface area contributed by atoms with Crippen LogP contribution in [0.2, 0.25) is 0 Å². The molecule has 0 saturated carbocycles. The summed E-state index contributed by atoms with van der Waals surface area (Å²) < 4.78 is 39.3. The number of nitrogens with two attached hydrogens (primary N) is 1. The van der Waals surface area contributed by atoms with Gasteiger partial charge in [-0.3, -0.25) is 0 Å². The fourth-order valence-electron chi connectivity index (χ4n) is 1.67. The summed E-state index contributed by atoms with van der Waals surface area (Å²) >= 11 is 4.39. The van der Waals surface area contributed by atoms with Crippen LogP contribution in [0.5, 0.6) is 0 Å². The van der Waals surface area contributed by atoms with Crippen LogP contribution in [0.25, 0.3) is 0 Å². The van der Waals surface area contributed by atoms with Gasteiger partial charge in [0.1, 0.15) is 0 Å². The zero-order valence-electron chi connectivity index (χ0n) is 9.04. The minimum absolute atomic E-state index is 0.0909. The third-order valence-corrected chi connectivity index (χ3v) is 3.95. The van der Waals surface area contributed by atoms with Crippen LogP contribution in [-0.2, 0) is 6.18 Å². The molecule has 2 rings (SSSR count). The predicted octanol–water partition coefficient (Wildman–Crippen LogP) is 4.58. The molecule has 0 radical (unpaired) electrons. The normalized spacial score (nSPS) is 13.6. The second kappa shape index (κ2) is 5.03. The molecule has 1 aromatic carbocycles. The van der Waals surface area contributed by atoms with Crippen molar-refractivity contribution in [2.24, 2.45) is 5.73 Å². The molecule has 1 aromatic heterocycles. The van der Waals surface area contributed by atoms with E-state index in [2.05, 4.69) is 15.9 Å². The van der Waals surface area contributed by atoms with Gasteiger partial charge in [0, 0.05) is 9.35 Å². The van der Waals surface area contributed by atoms with E-state index >= 15 is 0 Å². The summed E-state index contributed by atoms with van der Waals surface area (Å²) in [4.78, 5) is 0.711. The Morgan fingerprint density at radius 1 is 1.22 bits per heavy atom. The van der Waals surface area contributed by atoms with Crippen LogP contribution < -0.4 is 5.73 Å². The van der Waals surface area contributed by atoms with Gasteiger partial charge < -0.3 is 5.73 Å². The van der Waals surface area contributed by atoms with E-state index in [4.69, 9.17) is 5.73 Å². The minimum Gasteiger partial charge on any atom is -0.320 e. The maximum Gasteiger partial charge on any atom is 0.416 e. The molecule has 1 unspecified atom stereocenters. The number of thiophene rings is 1. The first kappa shape index (κ1) is 13.6. The van der Waals surface area contributed by atoms with Crippen molar-refractivity contribution < 1.29 is 13.2 Å². The molecule has 0 spiro atoms. The lowest BCUT2D eigenvalue weighted by atomic mass is 9.99. The third kappa shape index (κ3) is 2.76. The molecule has 1 nitrogen and oxygen atoms in total. The molecule has 1 atom stereocenters. The Hall–Kier alpha value is -0.850. The van der Waals surface area contributed by atoms with Gasteiger partial charge in [0.05, 0.1) is 11.6 Å². The van der Waals surface area contributed by atoms with Gasteiger partial charge in [0.25, 0.3) is 0 Å². The Morgan fingerprint density at radius 3 is 2.50 bits per heavy atom. The van der Waals surface area contributed by atoms with Gasteiger partial charge >= 0.3 is 6.18 Å². The zero-order chi connectivity index (χ0) is 13.3. The van der Waals surface area contributed by atoms with Crippen LogP contribution in [0, 0.1) is 0 Å². The van der Waals surface area contributed by atoms with Crippen LogP contribution in [0.1, 0.15) is 22.0 Å². The van der Waals surface area contributed by atoms with Crippen molar-refractivity contribution in [3.8, 4) is 0 Å². The van der Waals surface area contributed by atoms with E-state index in [0.29, 0.717) is 9.35 Å². The highest BCUT2D eigenvalue weighted by molar-refractivity contribution is 9.10. The second-order valence-electron chi connectivity index (χ2n) is 3.72. The Kier molecular flexibility index (Phi) is 3.79. The lowest BCUT2D eigenvalue weighted by Gasteiger charge is -2.17. The van der Waals surface area contributed by atoms with Crippen LogP contribution in [0.15, 0.2) is 40.2 Å². The minimum atomic E-state index is -4.41. The molecule has 0 aliphatic rings. The Morgan fingerprint density at radius 2 is 1.94 bits per heavy atom. The van der Waals surface area contributed by atoms with E-state index in [-0.39, 0.29) is 5.56 Å². The van der Waals surface area contributed by atoms with Gasteiger partial charge in [-0.05, 0) is 29.1 Å². The van der Waals surface area contributed by atoms with Gasteiger partial charge in [-0.25, -0.2) is 0 Å². The van der Waals surface area contributed by atoms with Gasteiger partial charge in [-0.1, -0.05) is 28.1 Å². The maximum absolute atomic E-state index is 13.0. The molecule has 0 bridgehead atoms. The molecule has 2 aromatic rings. The summed E-state index contributed by atoms with van der Waals surface area (Å²) in [5, 5.41) is 1.79. The quantitative estimate of drug-likeness (QED) is 0.854. The molecule has 0 fully saturated rings. The average Bonchev–Trinajstić information content (AvgIpc) is 2.80. The highest BCUT2D eigenvalue weighted by Crippen LogP contribution is 2.38. The topological polar surface area (TPSA) is 26.0 Å². The molecule has 96 valence electrons. The largest absolute Gasteiger partial charge is 0.416 e. The highest BCUT2D eigenvalue weighted by atomic mass is 79.9. The van der Waals surface area contributed by atoms with Crippen molar-refractivity contribution in [3.63, 3.8) is 0 Å². The molecule has 0 saturated heterocycles. The van der Waals surface area contributed by atoms with Gasteiger partial charge in [-0.2, -0.15) is 13.2 Å². The van der Waals surface area contributed by atoms with Crippen molar-refractivity contribution >= 4 is 27.3 Å². The average molecular weight is 336 g/mol. The van der Waals surface area contributed by atoms with Crippen molar-refractivity contribution in [2.45, 2.75) is 12.2 Å². The molecule has 0 aliphatic heterocycles. The van der Waals surface area contributed by atoms with E-state index < -0.39 is 17.8 Å². The van der Waals surface area contributed by atoms with Crippen molar-refractivity contribution in [1.82, 2.24) is 0 Å². The van der Waals surface area contributed by atoms with Crippen molar-refractivity contribution in [1.29, 1.82) is 0 Å². The van der Waals surface area contributed by atoms with E-state index in [1.165, 1.54) is 17.4 Å². The SMILES string of the molecule is NC(c1cccs1)c1ccc(Br)cc1C(F)(F)F. The van der Waals surface area contributed by atoms with Crippen LogP contribution in [-0.4, -0.2) is 0 Å². The van der Waals surface area contributed by atoms with Crippen LogP contribution in [0.3, 0.4) is 0 Å². The molecule has 18 heavy (non-hydrogen) atoms. The third-order valence-electron chi connectivity index (χ3n) is 2.51. The molecular weight excluding hydrogens is 327 g/mol. The number of benzene rings is 1. The lowest BCUT2D eigenvalue weighted by molar-refractivity contribution is -0.138. The number of hydrogen-bond donors (Lipinski definition) is 1. The molecule has 6 heteroatoms. The predicted molar refractivity (Wildman–Crippen MR) is 69.5 cm³/mol. The second-order valence-corrected chi connectivity index (χ2v) is 5.62. The number of alkyl halides is 3. The van der Waals surface area contributed by atoms with E-state index in [9.17, 15) is 13.2 Å². The first-order valence-electron chi connectivity index (χ1n) is 5.05. The maximum atomic E-state index is 13.0. The van der Waals surface area contributed by atoms with E-state index in [1.807, 2.05) is 0 Å². The van der Waals surface area contributed by atoms with Crippen LogP contribution in [0.4, 0.5) is 13.2 Å². The smallest absolute Gasteiger partial charge is 0.320 e. The first-order valence-corrected chi connectivity index (χ1v) is 6.72. The van der Waals surface area contributed by atoms with E-state index in [1.54, 1.807) is 23.6 Å². The molecule has 1 heterocycles.